The van der Waals surface area contributed by atoms with Gasteiger partial charge >= 0.3 is 5.69 Å². The van der Waals surface area contributed by atoms with E-state index in [-0.39, 0.29) is 11.4 Å². The molecule has 1 aromatic carbocycles. The summed E-state index contributed by atoms with van der Waals surface area (Å²) in [6.45, 7) is 2.21. The Morgan fingerprint density at radius 1 is 1.34 bits per heavy atom. The van der Waals surface area contributed by atoms with Gasteiger partial charge in [-0.25, -0.2) is 18.2 Å². The Morgan fingerprint density at radius 3 is 2.69 bits per heavy atom. The minimum atomic E-state index is -3.48. The molecule has 3 aromatic rings. The maximum Gasteiger partial charge on any atom is 0.328 e. The van der Waals surface area contributed by atoms with Crippen molar-refractivity contribution in [2.24, 2.45) is 5.73 Å². The third-order valence-electron chi connectivity index (χ3n) is 4.87. The highest BCUT2D eigenvalue weighted by Crippen LogP contribution is 2.32. The van der Waals surface area contributed by atoms with Gasteiger partial charge in [0.05, 0.1) is 31.0 Å². The monoisotopic (exact) mass is 459 g/mol. The van der Waals surface area contributed by atoms with Crippen LogP contribution in [-0.2, 0) is 9.84 Å². The Bertz CT molecular complexity index is 1340. The van der Waals surface area contributed by atoms with Gasteiger partial charge in [-0.2, -0.15) is 0 Å². The zero-order valence-corrected chi connectivity index (χ0v) is 18.8. The first-order valence-corrected chi connectivity index (χ1v) is 11.8. The summed E-state index contributed by atoms with van der Waals surface area (Å²) >= 11 is 0. The van der Waals surface area contributed by atoms with Crippen LogP contribution in [0.4, 0.5) is 0 Å². The van der Waals surface area contributed by atoms with Gasteiger partial charge in [0.1, 0.15) is 9.84 Å². The second-order valence-corrected chi connectivity index (χ2v) is 9.30. The second kappa shape index (κ2) is 9.27. The van der Waals surface area contributed by atoms with Crippen LogP contribution in [0.2, 0.25) is 0 Å². The lowest BCUT2D eigenvalue weighted by atomic mass is 10.1. The molecule has 0 fully saturated rings. The maximum absolute atomic E-state index is 12.9. The predicted octanol–water partition coefficient (Wildman–Crippen LogP) is 1.72. The van der Waals surface area contributed by atoms with Gasteiger partial charge in [-0.15, -0.1) is 0 Å². The number of nitrogens with one attached hydrogen (secondary N) is 2. The fraction of sp³-hybridized carbons (Fsp3) is 0.286. The summed E-state index contributed by atoms with van der Waals surface area (Å²) in [4.78, 5) is 20.0. The summed E-state index contributed by atoms with van der Waals surface area (Å²) in [5.41, 5.74) is 7.23. The van der Waals surface area contributed by atoms with E-state index in [2.05, 4.69) is 9.97 Å². The van der Waals surface area contributed by atoms with E-state index < -0.39 is 21.6 Å². The summed E-state index contributed by atoms with van der Waals surface area (Å²) in [5.74, 6) is 0.614. The van der Waals surface area contributed by atoms with Gasteiger partial charge in [0.2, 0.25) is 0 Å². The van der Waals surface area contributed by atoms with Gasteiger partial charge in [-0.1, -0.05) is 6.07 Å². The zero-order valence-electron chi connectivity index (χ0n) is 18.0. The number of sulfone groups is 1. The van der Waals surface area contributed by atoms with Gasteiger partial charge in [0.25, 0.3) is 0 Å². The molecule has 10 nitrogen and oxygen atoms in total. The molecular formula is C21H25N5O5S. The molecule has 4 N–H and O–H groups in total. The molecule has 0 spiro atoms. The molecule has 0 aliphatic carbocycles. The largest absolute Gasteiger partial charge is 0.493 e. The number of aromatic nitrogens is 3. The molecule has 0 radical (unpaired) electrons. The van der Waals surface area contributed by atoms with Crippen LogP contribution in [0.25, 0.3) is 16.7 Å². The third-order valence-corrected chi connectivity index (χ3v) is 5.79. The number of hydrogen-bond acceptors (Lipinski definition) is 8. The highest BCUT2D eigenvalue weighted by atomic mass is 32.2. The van der Waals surface area contributed by atoms with E-state index in [0.29, 0.717) is 40.3 Å². The number of nitrogens with two attached hydrogens (primary N) is 1. The van der Waals surface area contributed by atoms with Crippen LogP contribution >= 0.6 is 0 Å². The molecule has 1 atom stereocenters. The van der Waals surface area contributed by atoms with Crippen molar-refractivity contribution in [2.75, 3.05) is 25.7 Å². The molecule has 0 aliphatic heterocycles. The lowest BCUT2D eigenvalue weighted by molar-refractivity contribution is 0.310. The van der Waals surface area contributed by atoms with E-state index in [4.69, 9.17) is 20.6 Å². The van der Waals surface area contributed by atoms with Crippen LogP contribution < -0.4 is 20.9 Å². The molecule has 0 aliphatic rings. The topological polar surface area (TPSA) is 153 Å². The van der Waals surface area contributed by atoms with Gasteiger partial charge in [-0.05, 0) is 30.7 Å². The van der Waals surface area contributed by atoms with E-state index in [0.717, 1.165) is 12.5 Å². The summed E-state index contributed by atoms with van der Waals surface area (Å²) in [6.07, 6.45) is 4.94. The molecule has 3 rings (SSSR count). The van der Waals surface area contributed by atoms with Crippen molar-refractivity contribution >= 4 is 32.8 Å². The first kappa shape index (κ1) is 23.1. The summed E-state index contributed by atoms with van der Waals surface area (Å²) < 4.78 is 36.8. The van der Waals surface area contributed by atoms with Crippen molar-refractivity contribution in [1.82, 2.24) is 14.5 Å². The highest BCUT2D eigenvalue weighted by molar-refractivity contribution is 7.90. The SMILES string of the molecule is CCOc1cc(C(CS(C)(=O)=O)n2c(=O)[nH]c3cc(/C(C=N)=C/N)cnc32)ccc1OC. The molecule has 0 saturated heterocycles. The number of rotatable bonds is 9. The van der Waals surface area contributed by atoms with Crippen LogP contribution in [0.15, 0.2) is 41.5 Å². The van der Waals surface area contributed by atoms with Crippen molar-refractivity contribution in [3.05, 3.63) is 58.3 Å². The smallest absolute Gasteiger partial charge is 0.328 e. The number of fused-ring (bicyclic) bond motifs is 1. The van der Waals surface area contributed by atoms with Crippen LogP contribution in [0.5, 0.6) is 11.5 Å². The van der Waals surface area contributed by atoms with Crippen molar-refractivity contribution < 1.29 is 17.9 Å². The molecule has 2 aromatic heterocycles. The van der Waals surface area contributed by atoms with Crippen molar-refractivity contribution in [2.45, 2.75) is 13.0 Å². The first-order valence-electron chi connectivity index (χ1n) is 9.73. The lowest BCUT2D eigenvalue weighted by Crippen LogP contribution is -2.28. The van der Waals surface area contributed by atoms with Crippen LogP contribution in [-0.4, -0.2) is 54.9 Å². The minimum Gasteiger partial charge on any atom is -0.493 e. The van der Waals surface area contributed by atoms with E-state index in [1.54, 1.807) is 24.3 Å². The number of pyridine rings is 1. The fourth-order valence-corrected chi connectivity index (χ4v) is 4.38. The number of benzene rings is 1. The molecule has 11 heteroatoms. The zero-order chi connectivity index (χ0) is 23.5. The van der Waals surface area contributed by atoms with Gasteiger partial charge in [0, 0.05) is 36.0 Å². The van der Waals surface area contributed by atoms with Crippen LogP contribution in [0, 0.1) is 5.41 Å². The van der Waals surface area contributed by atoms with Crippen molar-refractivity contribution in [3.63, 3.8) is 0 Å². The number of hydrogen-bond donors (Lipinski definition) is 3. The van der Waals surface area contributed by atoms with Crippen molar-refractivity contribution in [1.29, 1.82) is 5.41 Å². The molecule has 0 amide bonds. The van der Waals surface area contributed by atoms with E-state index in [1.807, 2.05) is 6.92 Å². The average Bonchev–Trinajstić information content (AvgIpc) is 3.07. The number of methoxy groups -OCH3 is 1. The molecular weight excluding hydrogens is 434 g/mol. The molecule has 2 heterocycles. The van der Waals surface area contributed by atoms with Gasteiger partial charge < -0.3 is 25.6 Å². The molecule has 0 bridgehead atoms. The van der Waals surface area contributed by atoms with E-state index >= 15 is 0 Å². The number of H-pyrrole nitrogens is 1. The molecule has 32 heavy (non-hydrogen) atoms. The Labute approximate surface area is 185 Å². The minimum absolute atomic E-state index is 0.280. The Balaban J connectivity index is 2.23. The highest BCUT2D eigenvalue weighted by Gasteiger charge is 2.25. The fourth-order valence-electron chi connectivity index (χ4n) is 3.46. The number of nitrogens with zero attached hydrogens (tertiary/aromatic N) is 2. The molecule has 0 saturated carbocycles. The normalized spacial score (nSPS) is 13.2. The van der Waals surface area contributed by atoms with E-state index in [9.17, 15) is 13.2 Å². The summed E-state index contributed by atoms with van der Waals surface area (Å²) in [6, 6.07) is 5.82. The van der Waals surface area contributed by atoms with E-state index in [1.165, 1.54) is 24.1 Å². The summed E-state index contributed by atoms with van der Waals surface area (Å²) in [5, 5.41) is 7.45. The lowest BCUT2D eigenvalue weighted by Gasteiger charge is -2.20. The van der Waals surface area contributed by atoms with Crippen LogP contribution in [0.3, 0.4) is 0 Å². The Kier molecular flexibility index (Phi) is 6.68. The first-order chi connectivity index (χ1) is 15.2. The number of imidazole rings is 1. The number of aromatic amines is 1. The Hall–Kier alpha value is -3.60. The average molecular weight is 460 g/mol. The van der Waals surface area contributed by atoms with Crippen molar-refractivity contribution in [3.8, 4) is 11.5 Å². The summed E-state index contributed by atoms with van der Waals surface area (Å²) in [7, 11) is -1.97. The number of allylic oxidation sites excluding steroid dienone is 1. The second-order valence-electron chi connectivity index (χ2n) is 7.11. The van der Waals surface area contributed by atoms with Gasteiger partial charge in [-0.3, -0.25) is 4.57 Å². The van der Waals surface area contributed by atoms with Gasteiger partial charge in [0.15, 0.2) is 17.1 Å². The standard InChI is InChI=1S/C21H25N5O5S/c1-4-31-19-8-13(5-6-18(19)30-2)17(12-32(3,28)29)26-20-16(25-21(26)27)7-14(11-24-20)15(9-22)10-23/h5-11,17,22H,4,12,23H2,1-3H3,(H,25,27)/b15-10+,22-9?. The predicted molar refractivity (Wildman–Crippen MR) is 123 cm³/mol. The Morgan fingerprint density at radius 2 is 2.09 bits per heavy atom. The quantitative estimate of drug-likeness (QED) is 0.412. The molecule has 1 unspecified atom stereocenters. The molecule has 170 valence electrons. The maximum atomic E-state index is 12.9. The van der Waals surface area contributed by atoms with Crippen LogP contribution in [0.1, 0.15) is 24.1 Å². The third kappa shape index (κ3) is 4.67. The number of ether oxygens (including phenoxy) is 2.